The molecule has 1 aromatic heterocycles. The number of nitrogens with zero attached hydrogens (tertiary/aromatic N) is 2. The van der Waals surface area contributed by atoms with Gasteiger partial charge in [-0.25, -0.2) is 8.78 Å². The number of halogens is 2. The van der Waals surface area contributed by atoms with Gasteiger partial charge in [0.1, 0.15) is 0 Å². The Hall–Kier alpha value is -1.75. The van der Waals surface area contributed by atoms with E-state index in [0.29, 0.717) is 18.7 Å². The minimum Gasteiger partial charge on any atom is -0.312 e. The Morgan fingerprint density at radius 1 is 1.28 bits per heavy atom. The van der Waals surface area contributed by atoms with E-state index in [-0.39, 0.29) is 0 Å². The molecule has 96 valence electrons. The topological polar surface area (TPSA) is 29.9 Å². The Balaban J connectivity index is 1.80. The first-order chi connectivity index (χ1) is 8.66. The van der Waals surface area contributed by atoms with Crippen molar-refractivity contribution >= 4 is 0 Å². The van der Waals surface area contributed by atoms with Crippen molar-refractivity contribution in [3.8, 4) is 0 Å². The average Bonchev–Trinajstić information content (AvgIpc) is 2.76. The molecule has 0 spiro atoms. The van der Waals surface area contributed by atoms with Crippen molar-refractivity contribution in [2.75, 3.05) is 6.54 Å². The Labute approximate surface area is 104 Å². The zero-order valence-electron chi connectivity index (χ0n) is 10.2. The maximum absolute atomic E-state index is 13.3. The molecule has 3 nitrogen and oxygen atoms in total. The second-order valence-electron chi connectivity index (χ2n) is 4.12. The highest BCUT2D eigenvalue weighted by molar-refractivity contribution is 5.18. The van der Waals surface area contributed by atoms with Gasteiger partial charge in [-0.2, -0.15) is 5.10 Å². The van der Waals surface area contributed by atoms with E-state index in [1.807, 2.05) is 19.3 Å². The van der Waals surface area contributed by atoms with Crippen molar-refractivity contribution in [1.29, 1.82) is 0 Å². The summed E-state index contributed by atoms with van der Waals surface area (Å²) in [5.41, 5.74) is 1.32. The standard InChI is InChI=1S/C13H15F2N3/c1-18-8-6-11(17-18)5-7-16-9-10-3-2-4-12(14)13(10)15/h2-4,6,8,16H,5,7,9H2,1H3. The Bertz CT molecular complexity index is 523. The van der Waals surface area contributed by atoms with Gasteiger partial charge in [-0.05, 0) is 12.1 Å². The monoisotopic (exact) mass is 251 g/mol. The van der Waals surface area contributed by atoms with E-state index in [4.69, 9.17) is 0 Å². The van der Waals surface area contributed by atoms with Crippen molar-refractivity contribution < 1.29 is 8.78 Å². The van der Waals surface area contributed by atoms with Gasteiger partial charge in [0.25, 0.3) is 0 Å². The fourth-order valence-corrected chi connectivity index (χ4v) is 1.72. The van der Waals surface area contributed by atoms with Gasteiger partial charge in [-0.1, -0.05) is 12.1 Å². The smallest absolute Gasteiger partial charge is 0.163 e. The van der Waals surface area contributed by atoms with Crippen molar-refractivity contribution in [2.45, 2.75) is 13.0 Å². The van der Waals surface area contributed by atoms with Crippen LogP contribution in [0.15, 0.2) is 30.5 Å². The number of hydrogen-bond donors (Lipinski definition) is 1. The summed E-state index contributed by atoms with van der Waals surface area (Å²) >= 11 is 0. The predicted molar refractivity (Wildman–Crippen MR) is 65.0 cm³/mol. The largest absolute Gasteiger partial charge is 0.312 e. The van der Waals surface area contributed by atoms with Gasteiger partial charge in [0.2, 0.25) is 0 Å². The van der Waals surface area contributed by atoms with Crippen LogP contribution in [0.1, 0.15) is 11.3 Å². The number of nitrogens with one attached hydrogen (secondary N) is 1. The molecule has 0 bridgehead atoms. The molecule has 0 atom stereocenters. The molecule has 0 saturated heterocycles. The molecule has 0 radical (unpaired) electrons. The molecule has 0 aliphatic rings. The Morgan fingerprint density at radius 2 is 2.11 bits per heavy atom. The number of rotatable bonds is 5. The molecule has 0 amide bonds. The van der Waals surface area contributed by atoms with Gasteiger partial charge < -0.3 is 5.32 Å². The van der Waals surface area contributed by atoms with Gasteiger partial charge in [0, 0.05) is 38.3 Å². The second-order valence-corrected chi connectivity index (χ2v) is 4.12. The zero-order valence-corrected chi connectivity index (χ0v) is 10.2. The molecule has 0 fully saturated rings. The average molecular weight is 251 g/mol. The lowest BCUT2D eigenvalue weighted by atomic mass is 10.2. The normalized spacial score (nSPS) is 10.8. The molecule has 5 heteroatoms. The van der Waals surface area contributed by atoms with E-state index in [1.54, 1.807) is 10.7 Å². The number of hydrogen-bond acceptors (Lipinski definition) is 2. The number of aryl methyl sites for hydroxylation is 1. The molecule has 0 aliphatic heterocycles. The molecule has 18 heavy (non-hydrogen) atoms. The van der Waals surface area contributed by atoms with Crippen LogP contribution in [0.25, 0.3) is 0 Å². The van der Waals surface area contributed by atoms with Crippen LogP contribution in [-0.4, -0.2) is 16.3 Å². The first-order valence-electron chi connectivity index (χ1n) is 5.79. The van der Waals surface area contributed by atoms with Crippen molar-refractivity contribution in [2.24, 2.45) is 7.05 Å². The summed E-state index contributed by atoms with van der Waals surface area (Å²) in [4.78, 5) is 0. The lowest BCUT2D eigenvalue weighted by Gasteiger charge is -2.05. The second kappa shape index (κ2) is 5.73. The minimum absolute atomic E-state index is 0.316. The molecule has 0 aliphatic carbocycles. The molecule has 2 rings (SSSR count). The van der Waals surface area contributed by atoms with Crippen molar-refractivity contribution in [1.82, 2.24) is 15.1 Å². The fraction of sp³-hybridized carbons (Fsp3) is 0.308. The van der Waals surface area contributed by atoms with E-state index in [2.05, 4.69) is 10.4 Å². The number of aromatic nitrogens is 2. The van der Waals surface area contributed by atoms with Crippen LogP contribution in [0.4, 0.5) is 8.78 Å². The summed E-state index contributed by atoms with van der Waals surface area (Å²) in [5, 5.41) is 7.30. The number of benzene rings is 1. The van der Waals surface area contributed by atoms with Gasteiger partial charge in [0.15, 0.2) is 11.6 Å². The van der Waals surface area contributed by atoms with Crippen LogP contribution in [0.5, 0.6) is 0 Å². The van der Waals surface area contributed by atoms with Crippen LogP contribution in [-0.2, 0) is 20.0 Å². The lowest BCUT2D eigenvalue weighted by molar-refractivity contribution is 0.493. The quantitative estimate of drug-likeness (QED) is 0.824. The summed E-state index contributed by atoms with van der Waals surface area (Å²) in [5.74, 6) is -1.58. The molecule has 1 heterocycles. The zero-order chi connectivity index (χ0) is 13.0. The third-order valence-corrected chi connectivity index (χ3v) is 2.67. The highest BCUT2D eigenvalue weighted by atomic mass is 19.2. The van der Waals surface area contributed by atoms with Crippen LogP contribution in [0.2, 0.25) is 0 Å². The minimum atomic E-state index is -0.806. The van der Waals surface area contributed by atoms with Crippen LogP contribution < -0.4 is 5.32 Å². The van der Waals surface area contributed by atoms with Crippen molar-refractivity contribution in [3.63, 3.8) is 0 Å². The highest BCUT2D eigenvalue weighted by Gasteiger charge is 2.06. The molecular formula is C13H15F2N3. The van der Waals surface area contributed by atoms with Gasteiger partial charge in [-0.3, -0.25) is 4.68 Å². The molecule has 0 saturated carbocycles. The van der Waals surface area contributed by atoms with E-state index in [9.17, 15) is 8.78 Å². The Morgan fingerprint density at radius 3 is 2.83 bits per heavy atom. The predicted octanol–water partition coefficient (Wildman–Crippen LogP) is 2.03. The van der Waals surface area contributed by atoms with Gasteiger partial charge in [-0.15, -0.1) is 0 Å². The summed E-state index contributed by atoms with van der Waals surface area (Å²) < 4.78 is 28.0. The third-order valence-electron chi connectivity index (χ3n) is 2.67. The summed E-state index contributed by atoms with van der Waals surface area (Å²) in [6.45, 7) is 0.989. The summed E-state index contributed by atoms with van der Waals surface area (Å²) in [6.07, 6.45) is 2.64. The van der Waals surface area contributed by atoms with Crippen molar-refractivity contribution in [3.05, 3.63) is 53.4 Å². The SMILES string of the molecule is Cn1ccc(CCNCc2cccc(F)c2F)n1. The highest BCUT2D eigenvalue weighted by Crippen LogP contribution is 2.10. The first-order valence-corrected chi connectivity index (χ1v) is 5.79. The molecule has 1 N–H and O–H groups in total. The Kier molecular flexibility index (Phi) is 4.04. The van der Waals surface area contributed by atoms with Crippen LogP contribution in [0.3, 0.4) is 0 Å². The molecular weight excluding hydrogens is 236 g/mol. The maximum Gasteiger partial charge on any atom is 0.163 e. The summed E-state index contributed by atoms with van der Waals surface area (Å²) in [6, 6.07) is 6.14. The van der Waals surface area contributed by atoms with E-state index >= 15 is 0 Å². The lowest BCUT2D eigenvalue weighted by Crippen LogP contribution is -2.18. The van der Waals surface area contributed by atoms with Crippen LogP contribution in [0, 0.1) is 11.6 Å². The summed E-state index contributed by atoms with van der Waals surface area (Å²) in [7, 11) is 1.86. The first kappa shape index (κ1) is 12.7. The van der Waals surface area contributed by atoms with Gasteiger partial charge in [0.05, 0.1) is 5.69 Å². The molecule has 0 unspecified atom stereocenters. The fourth-order valence-electron chi connectivity index (χ4n) is 1.72. The van der Waals surface area contributed by atoms with E-state index in [0.717, 1.165) is 18.2 Å². The van der Waals surface area contributed by atoms with Crippen LogP contribution >= 0.6 is 0 Å². The third kappa shape index (κ3) is 3.13. The van der Waals surface area contributed by atoms with Gasteiger partial charge >= 0.3 is 0 Å². The molecule has 1 aromatic carbocycles. The van der Waals surface area contributed by atoms with E-state index in [1.165, 1.54) is 6.07 Å². The van der Waals surface area contributed by atoms with E-state index < -0.39 is 11.6 Å². The maximum atomic E-state index is 13.3. The molecule has 2 aromatic rings.